The lowest BCUT2D eigenvalue weighted by Crippen LogP contribution is -2.30. The summed E-state index contributed by atoms with van der Waals surface area (Å²) in [6, 6.07) is 12.3. The molecule has 3 nitrogen and oxygen atoms in total. The molecule has 0 fully saturated rings. The molecule has 2 rings (SSSR count). The molecule has 0 aliphatic rings. The Balaban J connectivity index is 2.32. The molecule has 0 bridgehead atoms. The molecule has 0 heterocycles. The fraction of sp³-hybridized carbons (Fsp3) is 0.250. The van der Waals surface area contributed by atoms with E-state index in [1.165, 1.54) is 12.1 Å². The van der Waals surface area contributed by atoms with Crippen LogP contribution in [-0.4, -0.2) is 20.7 Å². The molecule has 0 saturated heterocycles. The average molecular weight is 353 g/mol. The first kappa shape index (κ1) is 15.8. The Bertz CT molecular complexity index is 621. The zero-order chi connectivity index (χ0) is 15.4. The third kappa shape index (κ3) is 3.54. The van der Waals surface area contributed by atoms with Gasteiger partial charge in [-0.25, -0.2) is 4.39 Å². The van der Waals surface area contributed by atoms with Crippen molar-refractivity contribution in [2.75, 3.05) is 25.6 Å². The van der Waals surface area contributed by atoms with Crippen LogP contribution in [0, 0.1) is 5.82 Å². The normalized spacial score (nSPS) is 12.0. The van der Waals surface area contributed by atoms with Gasteiger partial charge in [0.05, 0.1) is 17.6 Å². The predicted molar refractivity (Wildman–Crippen MR) is 87.3 cm³/mol. The van der Waals surface area contributed by atoms with Crippen LogP contribution in [0.4, 0.5) is 10.1 Å². The van der Waals surface area contributed by atoms with Crippen LogP contribution in [0.5, 0.6) is 5.75 Å². The van der Waals surface area contributed by atoms with Crippen molar-refractivity contribution in [3.8, 4) is 5.75 Å². The van der Waals surface area contributed by atoms with Crippen LogP contribution < -0.4 is 15.4 Å². The van der Waals surface area contributed by atoms with Gasteiger partial charge in [-0.15, -0.1) is 0 Å². The Morgan fingerprint density at radius 2 is 2.05 bits per heavy atom. The summed E-state index contributed by atoms with van der Waals surface area (Å²) in [5.41, 5.74) is 7.75. The summed E-state index contributed by atoms with van der Waals surface area (Å²) < 4.78 is 19.5. The average Bonchev–Trinajstić information content (AvgIpc) is 2.48. The van der Waals surface area contributed by atoms with Crippen LogP contribution in [0.1, 0.15) is 11.6 Å². The highest BCUT2D eigenvalue weighted by molar-refractivity contribution is 9.10. The molecule has 0 spiro atoms. The SMILES string of the molecule is COc1ccc(C(CN)N(C)c2cccc(F)c2)cc1Br. The molecule has 112 valence electrons. The van der Waals surface area contributed by atoms with Crippen LogP contribution >= 0.6 is 15.9 Å². The summed E-state index contributed by atoms with van der Waals surface area (Å²) in [7, 11) is 3.53. The summed E-state index contributed by atoms with van der Waals surface area (Å²) in [6.45, 7) is 0.422. The molecular weight excluding hydrogens is 335 g/mol. The van der Waals surface area contributed by atoms with Crippen molar-refractivity contribution in [2.24, 2.45) is 5.73 Å². The van der Waals surface area contributed by atoms with E-state index in [4.69, 9.17) is 10.5 Å². The summed E-state index contributed by atoms with van der Waals surface area (Å²) in [4.78, 5) is 1.97. The van der Waals surface area contributed by atoms with E-state index in [0.717, 1.165) is 21.5 Å². The van der Waals surface area contributed by atoms with Gasteiger partial charge < -0.3 is 15.4 Å². The van der Waals surface area contributed by atoms with E-state index in [1.54, 1.807) is 13.2 Å². The van der Waals surface area contributed by atoms with E-state index in [-0.39, 0.29) is 11.9 Å². The zero-order valence-electron chi connectivity index (χ0n) is 12.0. The molecular formula is C16H18BrFN2O. The highest BCUT2D eigenvalue weighted by Gasteiger charge is 2.17. The molecule has 0 saturated carbocycles. The van der Waals surface area contributed by atoms with E-state index in [1.807, 2.05) is 36.2 Å². The first-order valence-corrected chi connectivity index (χ1v) is 7.38. The number of nitrogens with two attached hydrogens (primary N) is 1. The monoisotopic (exact) mass is 352 g/mol. The van der Waals surface area contributed by atoms with E-state index in [0.29, 0.717) is 6.54 Å². The van der Waals surface area contributed by atoms with E-state index in [2.05, 4.69) is 15.9 Å². The Kier molecular flexibility index (Phi) is 5.20. The van der Waals surface area contributed by atoms with Crippen molar-refractivity contribution in [1.29, 1.82) is 0 Å². The Morgan fingerprint density at radius 3 is 2.62 bits per heavy atom. The van der Waals surface area contributed by atoms with Gasteiger partial charge in [0.15, 0.2) is 0 Å². The van der Waals surface area contributed by atoms with E-state index >= 15 is 0 Å². The molecule has 1 unspecified atom stereocenters. The molecule has 2 aromatic rings. The van der Waals surface area contributed by atoms with Crippen LogP contribution in [0.2, 0.25) is 0 Å². The number of halogens is 2. The second kappa shape index (κ2) is 6.91. The zero-order valence-corrected chi connectivity index (χ0v) is 13.6. The largest absolute Gasteiger partial charge is 0.496 e. The van der Waals surface area contributed by atoms with Gasteiger partial charge in [0.1, 0.15) is 11.6 Å². The number of hydrogen-bond donors (Lipinski definition) is 1. The minimum Gasteiger partial charge on any atom is -0.496 e. The maximum Gasteiger partial charge on any atom is 0.133 e. The fourth-order valence-electron chi connectivity index (χ4n) is 2.28. The number of anilines is 1. The molecule has 0 amide bonds. The topological polar surface area (TPSA) is 38.5 Å². The van der Waals surface area contributed by atoms with Gasteiger partial charge in [-0.1, -0.05) is 12.1 Å². The molecule has 21 heavy (non-hydrogen) atoms. The van der Waals surface area contributed by atoms with Gasteiger partial charge in [0.2, 0.25) is 0 Å². The van der Waals surface area contributed by atoms with Gasteiger partial charge in [-0.3, -0.25) is 0 Å². The number of benzene rings is 2. The van der Waals surface area contributed by atoms with Crippen molar-refractivity contribution in [1.82, 2.24) is 0 Å². The standard InChI is InChI=1S/C16H18BrFN2O/c1-20(13-5-3-4-12(18)9-13)15(10-19)11-6-7-16(21-2)14(17)8-11/h3-9,15H,10,19H2,1-2H3. The van der Waals surface area contributed by atoms with Crippen molar-refractivity contribution < 1.29 is 9.13 Å². The summed E-state index contributed by atoms with van der Waals surface area (Å²) >= 11 is 3.48. The smallest absolute Gasteiger partial charge is 0.133 e. The van der Waals surface area contributed by atoms with Gasteiger partial charge in [0.25, 0.3) is 0 Å². The second-order valence-corrected chi connectivity index (χ2v) is 5.59. The maximum absolute atomic E-state index is 13.4. The first-order valence-electron chi connectivity index (χ1n) is 6.58. The second-order valence-electron chi connectivity index (χ2n) is 4.74. The lowest BCUT2D eigenvalue weighted by Gasteiger charge is -2.30. The number of nitrogens with zero attached hydrogens (tertiary/aromatic N) is 1. The number of rotatable bonds is 5. The van der Waals surface area contributed by atoms with Crippen LogP contribution in [0.3, 0.4) is 0 Å². The van der Waals surface area contributed by atoms with Gasteiger partial charge in [0, 0.05) is 19.3 Å². The van der Waals surface area contributed by atoms with Crippen molar-refractivity contribution in [3.05, 3.63) is 58.3 Å². The highest BCUT2D eigenvalue weighted by Crippen LogP contribution is 2.31. The molecule has 0 aliphatic carbocycles. The number of hydrogen-bond acceptors (Lipinski definition) is 3. The molecule has 2 N–H and O–H groups in total. The molecule has 1 atom stereocenters. The minimum atomic E-state index is -0.258. The molecule has 0 radical (unpaired) electrons. The fourth-order valence-corrected chi connectivity index (χ4v) is 2.84. The van der Waals surface area contributed by atoms with Crippen LogP contribution in [-0.2, 0) is 0 Å². The molecule has 0 aliphatic heterocycles. The quantitative estimate of drug-likeness (QED) is 0.890. The summed E-state index contributed by atoms with van der Waals surface area (Å²) in [6.07, 6.45) is 0. The summed E-state index contributed by atoms with van der Waals surface area (Å²) in [5.74, 6) is 0.508. The van der Waals surface area contributed by atoms with Crippen molar-refractivity contribution >= 4 is 21.6 Å². The van der Waals surface area contributed by atoms with Crippen molar-refractivity contribution in [2.45, 2.75) is 6.04 Å². The lowest BCUT2D eigenvalue weighted by atomic mass is 10.0. The third-order valence-corrected chi connectivity index (χ3v) is 4.09. The number of methoxy groups -OCH3 is 1. The first-order chi connectivity index (χ1) is 10.1. The van der Waals surface area contributed by atoms with Crippen LogP contribution in [0.25, 0.3) is 0 Å². The van der Waals surface area contributed by atoms with Gasteiger partial charge in [-0.2, -0.15) is 0 Å². The molecule has 0 aromatic heterocycles. The minimum absolute atomic E-state index is 0.0472. The molecule has 5 heteroatoms. The maximum atomic E-state index is 13.4. The van der Waals surface area contributed by atoms with Crippen molar-refractivity contribution in [3.63, 3.8) is 0 Å². The van der Waals surface area contributed by atoms with Gasteiger partial charge in [-0.05, 0) is 51.8 Å². The van der Waals surface area contributed by atoms with E-state index < -0.39 is 0 Å². The Morgan fingerprint density at radius 1 is 1.29 bits per heavy atom. The van der Waals surface area contributed by atoms with Gasteiger partial charge >= 0.3 is 0 Å². The predicted octanol–water partition coefficient (Wildman–Crippen LogP) is 3.73. The molecule has 2 aromatic carbocycles. The highest BCUT2D eigenvalue weighted by atomic mass is 79.9. The number of ether oxygens (including phenoxy) is 1. The third-order valence-electron chi connectivity index (χ3n) is 3.47. The van der Waals surface area contributed by atoms with Crippen LogP contribution in [0.15, 0.2) is 46.9 Å². The Labute approximate surface area is 132 Å². The van der Waals surface area contributed by atoms with E-state index in [9.17, 15) is 4.39 Å². The number of likely N-dealkylation sites (N-methyl/N-ethyl adjacent to an activating group) is 1. The Hall–Kier alpha value is -1.59. The summed E-state index contributed by atoms with van der Waals surface area (Å²) in [5, 5.41) is 0. The lowest BCUT2D eigenvalue weighted by molar-refractivity contribution is 0.412.